The van der Waals surface area contributed by atoms with Crippen LogP contribution in [-0.4, -0.2) is 88.1 Å². The van der Waals surface area contributed by atoms with Crippen molar-refractivity contribution < 1.29 is 49.2 Å². The smallest absolute Gasteiger partial charge is 0.313 e. The second kappa shape index (κ2) is 17.2. The molecule has 0 spiro atoms. The molecule has 0 aliphatic carbocycles. The summed E-state index contributed by atoms with van der Waals surface area (Å²) in [4.78, 5) is 78.3. The average molecular weight is 769 g/mol. The van der Waals surface area contributed by atoms with Crippen LogP contribution in [0.4, 0.5) is 0 Å². The van der Waals surface area contributed by atoms with Crippen LogP contribution in [0.25, 0.3) is 12.2 Å². The van der Waals surface area contributed by atoms with Gasteiger partial charge >= 0.3 is 23.9 Å². The minimum absolute atomic E-state index is 0.135. The number of hydrogen-bond donors (Lipinski definition) is 8. The molecule has 14 nitrogen and oxygen atoms in total. The number of H-pyrrole nitrogens is 2. The summed E-state index contributed by atoms with van der Waals surface area (Å²) in [5, 5.41) is 42.3. The van der Waals surface area contributed by atoms with Crippen LogP contribution in [0.5, 0.6) is 0 Å². The van der Waals surface area contributed by atoms with Crippen LogP contribution in [0.3, 0.4) is 0 Å². The molecule has 0 saturated heterocycles. The Morgan fingerprint density at radius 2 is 0.981 bits per heavy atom. The van der Waals surface area contributed by atoms with Crippen molar-refractivity contribution in [1.29, 1.82) is 0 Å². The first-order valence-corrected chi connectivity index (χ1v) is 19.0. The van der Waals surface area contributed by atoms with Crippen LogP contribution in [0, 0.1) is 13.8 Å². The maximum Gasteiger partial charge on any atom is 0.313 e. The van der Waals surface area contributed by atoms with Crippen molar-refractivity contribution in [3.8, 4) is 0 Å². The van der Waals surface area contributed by atoms with Crippen molar-refractivity contribution >= 4 is 71.4 Å². The number of carbonyl (C=O) groups is 6. The zero-order valence-corrected chi connectivity index (χ0v) is 31.9. The molecule has 2 amide bonds. The molecule has 2 atom stereocenters. The standard InChI is InChI=1S/C37H44N4O10S2/c1-16-22(7-9-30(42)43)28(38-24(16)11-26-18(3)34(36(50)40-26)20(5)52-14-32(46)47)13-29-23(8-10-31(44)45)17(2)25(39-29)12-27-19(4)35(37(51)41-27)21(6)53-15-33(48)49/h11-12,20-21,38-39H,7-10,13-15H2,1-6H3,(H,40,50)(H,41,51)(H,42,43)(H,44,45)(H,46,47)(H,48,49)/b26-11-,27-12+. The van der Waals surface area contributed by atoms with E-state index in [0.29, 0.717) is 56.5 Å². The van der Waals surface area contributed by atoms with Gasteiger partial charge in [0.05, 0.1) is 11.5 Å². The van der Waals surface area contributed by atoms with E-state index in [1.165, 1.54) is 0 Å². The van der Waals surface area contributed by atoms with Gasteiger partial charge in [0.2, 0.25) is 0 Å². The Hall–Kier alpha value is -4.96. The van der Waals surface area contributed by atoms with Crippen molar-refractivity contribution in [3.05, 3.63) is 78.7 Å². The Bertz CT molecular complexity index is 1860. The second-order valence-electron chi connectivity index (χ2n) is 13.0. The van der Waals surface area contributed by atoms with Crippen LogP contribution < -0.4 is 10.6 Å². The Morgan fingerprint density at radius 3 is 1.30 bits per heavy atom. The molecular weight excluding hydrogens is 725 g/mol. The predicted octanol–water partition coefficient (Wildman–Crippen LogP) is 4.57. The molecule has 0 saturated carbocycles. The first-order valence-electron chi connectivity index (χ1n) is 16.9. The van der Waals surface area contributed by atoms with Crippen molar-refractivity contribution in [2.45, 2.75) is 84.1 Å². The van der Waals surface area contributed by atoms with Gasteiger partial charge in [-0.15, -0.1) is 23.5 Å². The molecule has 2 aliphatic heterocycles. The van der Waals surface area contributed by atoms with Gasteiger partial charge in [-0.2, -0.15) is 0 Å². The topological polar surface area (TPSA) is 239 Å². The molecule has 4 heterocycles. The van der Waals surface area contributed by atoms with E-state index in [-0.39, 0.29) is 65.9 Å². The van der Waals surface area contributed by atoms with E-state index in [0.717, 1.165) is 45.8 Å². The van der Waals surface area contributed by atoms with Crippen molar-refractivity contribution in [1.82, 2.24) is 20.6 Å². The SMILES string of the molecule is CC1=C(C(C)SCC(=O)O)C(=O)N/C1=C\c1[nH]c(Cc2[nH]c(/C=C3/NC(=O)C(C(C)SCC(=O)O)=C3C)c(C)c2CCC(=O)O)c(CCC(=O)O)c1C. The highest BCUT2D eigenvalue weighted by Crippen LogP contribution is 2.34. The molecule has 0 aromatic carbocycles. The van der Waals surface area contributed by atoms with Gasteiger partial charge in [0.25, 0.3) is 11.8 Å². The fourth-order valence-corrected chi connectivity index (χ4v) is 8.35. The number of allylic oxidation sites excluding steroid dienone is 2. The first-order chi connectivity index (χ1) is 24.9. The van der Waals surface area contributed by atoms with E-state index in [9.17, 15) is 39.0 Å². The van der Waals surface area contributed by atoms with Crippen LogP contribution in [0.15, 0.2) is 33.7 Å². The van der Waals surface area contributed by atoms with Gasteiger partial charge in [-0.05, 0) is 99.9 Å². The molecule has 2 unspecified atom stereocenters. The van der Waals surface area contributed by atoms with E-state index in [2.05, 4.69) is 20.6 Å². The molecule has 53 heavy (non-hydrogen) atoms. The fraction of sp³-hybridized carbons (Fsp3) is 0.405. The molecule has 0 radical (unpaired) electrons. The maximum atomic E-state index is 13.0. The monoisotopic (exact) mass is 768 g/mol. The fourth-order valence-electron chi connectivity index (χ4n) is 6.66. The largest absolute Gasteiger partial charge is 0.481 e. The highest BCUT2D eigenvalue weighted by atomic mass is 32.2. The summed E-state index contributed by atoms with van der Waals surface area (Å²) in [6.07, 6.45) is 3.98. The van der Waals surface area contributed by atoms with Crippen LogP contribution in [0.2, 0.25) is 0 Å². The lowest BCUT2D eigenvalue weighted by Gasteiger charge is -2.10. The lowest BCUT2D eigenvalue weighted by molar-refractivity contribution is -0.138. The van der Waals surface area contributed by atoms with Crippen molar-refractivity contribution in [3.63, 3.8) is 0 Å². The highest BCUT2D eigenvalue weighted by Gasteiger charge is 2.31. The number of amides is 2. The van der Waals surface area contributed by atoms with Gasteiger partial charge in [-0.3, -0.25) is 28.8 Å². The minimum atomic E-state index is -0.977. The lowest BCUT2D eigenvalue weighted by Crippen LogP contribution is -2.21. The normalized spacial score (nSPS) is 17.2. The van der Waals surface area contributed by atoms with Crippen LogP contribution in [0.1, 0.15) is 85.6 Å². The van der Waals surface area contributed by atoms with Gasteiger partial charge in [-0.1, -0.05) is 0 Å². The van der Waals surface area contributed by atoms with E-state index >= 15 is 0 Å². The number of nitrogens with one attached hydrogen (secondary N) is 4. The third-order valence-corrected chi connectivity index (χ3v) is 11.7. The van der Waals surface area contributed by atoms with Gasteiger partial charge in [-0.25, -0.2) is 0 Å². The number of thioether (sulfide) groups is 2. The van der Waals surface area contributed by atoms with E-state index < -0.39 is 23.9 Å². The molecule has 2 aromatic rings. The molecule has 2 aromatic heterocycles. The summed E-state index contributed by atoms with van der Waals surface area (Å²) in [7, 11) is 0. The third-order valence-electron chi connectivity index (χ3n) is 9.45. The van der Waals surface area contributed by atoms with Gasteiger partial charge < -0.3 is 41.0 Å². The van der Waals surface area contributed by atoms with Crippen LogP contribution in [-0.2, 0) is 48.0 Å². The Kier molecular flexibility index (Phi) is 13.3. The molecule has 0 fully saturated rings. The summed E-state index contributed by atoms with van der Waals surface area (Å²) >= 11 is 2.29. The maximum absolute atomic E-state index is 13.0. The summed E-state index contributed by atoms with van der Waals surface area (Å²) in [6.45, 7) is 10.9. The number of carboxylic acids is 4. The quantitative estimate of drug-likeness (QED) is 0.104. The van der Waals surface area contributed by atoms with E-state index in [1.54, 1.807) is 39.8 Å². The molecule has 0 bridgehead atoms. The highest BCUT2D eigenvalue weighted by molar-refractivity contribution is 8.01. The molecule has 8 N–H and O–H groups in total. The number of hydrogen-bond acceptors (Lipinski definition) is 8. The average Bonchev–Trinajstić information content (AvgIpc) is 3.72. The lowest BCUT2D eigenvalue weighted by atomic mass is 9.98. The van der Waals surface area contributed by atoms with E-state index in [1.807, 2.05) is 13.8 Å². The first kappa shape index (κ1) is 40.8. The Balaban J connectivity index is 1.76. The summed E-state index contributed by atoms with van der Waals surface area (Å²) in [5.74, 6) is -4.83. The number of carboxylic acid groups (broad SMARTS) is 4. The summed E-state index contributed by atoms with van der Waals surface area (Å²) < 4.78 is 0. The van der Waals surface area contributed by atoms with Crippen molar-refractivity contribution in [2.24, 2.45) is 0 Å². The van der Waals surface area contributed by atoms with Crippen LogP contribution >= 0.6 is 23.5 Å². The number of carbonyl (C=O) groups excluding carboxylic acids is 2. The number of aliphatic carboxylic acids is 4. The van der Waals surface area contributed by atoms with Gasteiger partial charge in [0.15, 0.2) is 0 Å². The molecule has 284 valence electrons. The Morgan fingerprint density at radius 1 is 0.623 bits per heavy atom. The zero-order chi connectivity index (χ0) is 39.3. The van der Waals surface area contributed by atoms with Gasteiger partial charge in [0, 0.05) is 75.1 Å². The third kappa shape index (κ3) is 9.73. The predicted molar refractivity (Wildman–Crippen MR) is 203 cm³/mol. The zero-order valence-electron chi connectivity index (χ0n) is 30.3. The second-order valence-corrected chi connectivity index (χ2v) is 15.7. The minimum Gasteiger partial charge on any atom is -0.481 e. The number of aromatic nitrogens is 2. The van der Waals surface area contributed by atoms with Gasteiger partial charge in [0.1, 0.15) is 0 Å². The Labute approximate surface area is 314 Å². The summed E-state index contributed by atoms with van der Waals surface area (Å²) in [6, 6.07) is 0. The molecular formula is C37H44N4O10S2. The summed E-state index contributed by atoms with van der Waals surface area (Å²) in [5.41, 5.74) is 9.22. The molecule has 2 aliphatic rings. The number of aromatic amines is 2. The molecule has 4 rings (SSSR count). The molecule has 16 heteroatoms. The van der Waals surface area contributed by atoms with Crippen molar-refractivity contribution in [2.75, 3.05) is 11.5 Å². The number of rotatable bonds is 18. The van der Waals surface area contributed by atoms with E-state index in [4.69, 9.17) is 10.2 Å².